The monoisotopic (exact) mass is 234 g/mol. The summed E-state index contributed by atoms with van der Waals surface area (Å²) in [6.07, 6.45) is -2.60. The highest BCUT2D eigenvalue weighted by Crippen LogP contribution is 2.40. The maximum atomic E-state index is 13.2. The first-order valence-electron chi connectivity index (χ1n) is 3.79. The predicted molar refractivity (Wildman–Crippen MR) is 54.0 cm³/mol. The van der Waals surface area contributed by atoms with Gasteiger partial charge in [-0.3, -0.25) is 0 Å². The van der Waals surface area contributed by atoms with Crippen LogP contribution in [0.25, 0.3) is 10.1 Å². The van der Waals surface area contributed by atoms with E-state index in [1.165, 1.54) is 12.1 Å². The van der Waals surface area contributed by atoms with Crippen molar-refractivity contribution in [1.29, 1.82) is 0 Å². The minimum atomic E-state index is -2.60. The third-order valence-electron chi connectivity index (χ3n) is 1.87. The molecular weight excluding hydrogens is 229 g/mol. The number of thiophene rings is 1. The molecule has 1 aromatic carbocycles. The molecule has 0 unspecified atom stereocenters. The minimum Gasteiger partial charge on any atom is -0.205 e. The van der Waals surface area contributed by atoms with Gasteiger partial charge >= 0.3 is 0 Å². The maximum absolute atomic E-state index is 13.2. The summed E-state index contributed by atoms with van der Waals surface area (Å²) >= 11 is 4.72. The van der Waals surface area contributed by atoms with Crippen molar-refractivity contribution in [1.82, 2.24) is 0 Å². The molecule has 74 valence electrons. The number of benzene rings is 1. The number of halogens is 3. The normalized spacial score (nSPS) is 11.5. The molecule has 0 atom stereocenters. The number of fused-ring (bicyclic) bond motifs is 1. The van der Waals surface area contributed by atoms with Crippen LogP contribution < -0.4 is 0 Å². The van der Waals surface area contributed by atoms with Gasteiger partial charge in [-0.2, -0.15) is 0 Å². The van der Waals surface area contributed by atoms with Crippen LogP contribution in [0, 0.1) is 5.82 Å². The first-order valence-corrected chi connectivity index (χ1v) is 5.05. The average Bonchev–Trinajstić information content (AvgIpc) is 2.46. The summed E-state index contributed by atoms with van der Waals surface area (Å²) in [5, 5.41) is 0.452. The van der Waals surface area contributed by atoms with E-state index in [1.54, 1.807) is 6.07 Å². The van der Waals surface area contributed by atoms with Gasteiger partial charge in [0.25, 0.3) is 6.43 Å². The lowest BCUT2D eigenvalue weighted by atomic mass is 10.2. The molecule has 0 spiro atoms. The Morgan fingerprint density at radius 1 is 1.29 bits per heavy atom. The molecule has 14 heavy (non-hydrogen) atoms. The van der Waals surface area contributed by atoms with E-state index in [0.29, 0.717) is 5.39 Å². The molecule has 0 bridgehead atoms. The molecule has 0 aliphatic rings. The Hall–Kier alpha value is -0.680. The van der Waals surface area contributed by atoms with Gasteiger partial charge < -0.3 is 0 Å². The van der Waals surface area contributed by atoms with Crippen LogP contribution in [-0.2, 0) is 0 Å². The number of hydrogen-bond acceptors (Lipinski definition) is 2. The molecule has 1 aromatic heterocycles. The quantitative estimate of drug-likeness (QED) is 0.700. The molecule has 0 aliphatic carbocycles. The third kappa shape index (κ3) is 1.40. The standard InChI is InChI=1S/C9H5F3S2/c10-5-3-1-2-4-6(13)8(9(11)12)14-7(4)5/h1-3,9,13H. The van der Waals surface area contributed by atoms with Crippen LogP contribution in [0.3, 0.4) is 0 Å². The average molecular weight is 234 g/mol. The van der Waals surface area contributed by atoms with Gasteiger partial charge in [-0.15, -0.1) is 24.0 Å². The Bertz CT molecular complexity index is 476. The van der Waals surface area contributed by atoms with Gasteiger partial charge in [0.2, 0.25) is 0 Å². The van der Waals surface area contributed by atoms with E-state index in [0.717, 1.165) is 11.3 Å². The van der Waals surface area contributed by atoms with Crippen LogP contribution in [0.15, 0.2) is 23.1 Å². The second kappa shape index (κ2) is 3.47. The van der Waals surface area contributed by atoms with Gasteiger partial charge in [0, 0.05) is 10.3 Å². The van der Waals surface area contributed by atoms with Crippen molar-refractivity contribution in [3.8, 4) is 0 Å². The summed E-state index contributed by atoms with van der Waals surface area (Å²) in [6, 6.07) is 4.32. The lowest BCUT2D eigenvalue weighted by molar-refractivity contribution is 0.153. The molecule has 1 heterocycles. The first kappa shape index (κ1) is 9.86. The van der Waals surface area contributed by atoms with Gasteiger partial charge in [-0.05, 0) is 6.07 Å². The largest absolute Gasteiger partial charge is 0.273 e. The topological polar surface area (TPSA) is 0 Å². The van der Waals surface area contributed by atoms with Crippen molar-refractivity contribution < 1.29 is 13.2 Å². The summed E-state index contributed by atoms with van der Waals surface area (Å²) in [5.41, 5.74) is 0. The van der Waals surface area contributed by atoms with Gasteiger partial charge in [0.1, 0.15) is 5.82 Å². The summed E-state index contributed by atoms with van der Waals surface area (Å²) < 4.78 is 38.3. The second-order valence-electron chi connectivity index (χ2n) is 2.73. The number of thiol groups is 1. The van der Waals surface area contributed by atoms with Gasteiger partial charge in [0.05, 0.1) is 9.58 Å². The van der Waals surface area contributed by atoms with E-state index < -0.39 is 12.2 Å². The molecular formula is C9H5F3S2. The molecule has 2 aromatic rings. The van der Waals surface area contributed by atoms with Crippen LogP contribution in [0.5, 0.6) is 0 Å². The Morgan fingerprint density at radius 2 is 2.00 bits per heavy atom. The lowest BCUT2D eigenvalue weighted by Gasteiger charge is -1.94. The molecule has 0 nitrogen and oxygen atoms in total. The fourth-order valence-corrected chi connectivity index (χ4v) is 2.70. The Kier molecular flexibility index (Phi) is 2.45. The molecule has 0 N–H and O–H groups in total. The summed E-state index contributed by atoms with van der Waals surface area (Å²) in [5.74, 6) is -0.477. The van der Waals surface area contributed by atoms with E-state index in [4.69, 9.17) is 0 Å². The van der Waals surface area contributed by atoms with E-state index in [2.05, 4.69) is 12.6 Å². The van der Waals surface area contributed by atoms with Crippen molar-refractivity contribution in [2.75, 3.05) is 0 Å². The Labute approximate surface area is 87.8 Å². The minimum absolute atomic E-state index is 0.173. The SMILES string of the molecule is Fc1cccc2c(S)c(C(F)F)sc12. The molecule has 5 heteroatoms. The van der Waals surface area contributed by atoms with E-state index >= 15 is 0 Å². The van der Waals surface area contributed by atoms with Crippen molar-refractivity contribution >= 4 is 34.1 Å². The fraction of sp³-hybridized carbons (Fsp3) is 0.111. The Morgan fingerprint density at radius 3 is 2.57 bits per heavy atom. The molecule has 0 amide bonds. The number of alkyl halides is 2. The van der Waals surface area contributed by atoms with Crippen LogP contribution in [0.1, 0.15) is 11.3 Å². The predicted octanol–water partition coefficient (Wildman–Crippen LogP) is 4.27. The highest BCUT2D eigenvalue weighted by molar-refractivity contribution is 7.80. The molecule has 0 aliphatic heterocycles. The molecule has 0 radical (unpaired) electrons. The van der Waals surface area contributed by atoms with E-state index in [1.807, 2.05) is 0 Å². The summed E-state index contributed by atoms with van der Waals surface area (Å²) in [6.45, 7) is 0. The second-order valence-corrected chi connectivity index (χ2v) is 4.23. The number of hydrogen-bond donors (Lipinski definition) is 1. The zero-order valence-corrected chi connectivity index (χ0v) is 8.51. The zero-order valence-electron chi connectivity index (χ0n) is 6.80. The van der Waals surface area contributed by atoms with Crippen LogP contribution in [0.4, 0.5) is 13.2 Å². The first-order chi connectivity index (χ1) is 6.61. The van der Waals surface area contributed by atoms with Gasteiger partial charge in [-0.25, -0.2) is 13.2 Å². The molecule has 0 saturated carbocycles. The Balaban J connectivity index is 2.80. The van der Waals surface area contributed by atoms with Crippen molar-refractivity contribution in [3.05, 3.63) is 28.9 Å². The highest BCUT2D eigenvalue weighted by Gasteiger charge is 2.18. The third-order valence-corrected chi connectivity index (χ3v) is 3.72. The molecule has 0 saturated heterocycles. The van der Waals surface area contributed by atoms with E-state index in [9.17, 15) is 13.2 Å². The van der Waals surface area contributed by atoms with E-state index in [-0.39, 0.29) is 14.5 Å². The molecule has 0 fully saturated rings. The van der Waals surface area contributed by atoms with Crippen LogP contribution in [-0.4, -0.2) is 0 Å². The summed E-state index contributed by atoms with van der Waals surface area (Å²) in [7, 11) is 0. The van der Waals surface area contributed by atoms with Crippen molar-refractivity contribution in [2.45, 2.75) is 11.3 Å². The highest BCUT2D eigenvalue weighted by atomic mass is 32.1. The van der Waals surface area contributed by atoms with Crippen LogP contribution >= 0.6 is 24.0 Å². The lowest BCUT2D eigenvalue weighted by Crippen LogP contribution is -1.77. The number of rotatable bonds is 1. The van der Waals surface area contributed by atoms with Crippen molar-refractivity contribution in [3.63, 3.8) is 0 Å². The fourth-order valence-electron chi connectivity index (χ4n) is 1.24. The van der Waals surface area contributed by atoms with Crippen molar-refractivity contribution in [2.24, 2.45) is 0 Å². The summed E-state index contributed by atoms with van der Waals surface area (Å²) in [4.78, 5) is 0.00735. The van der Waals surface area contributed by atoms with Crippen LogP contribution in [0.2, 0.25) is 0 Å². The van der Waals surface area contributed by atoms with Gasteiger partial charge in [0.15, 0.2) is 0 Å². The van der Waals surface area contributed by atoms with Gasteiger partial charge in [-0.1, -0.05) is 12.1 Å². The molecule has 2 rings (SSSR count). The smallest absolute Gasteiger partial charge is 0.205 e. The zero-order chi connectivity index (χ0) is 10.3. The maximum Gasteiger partial charge on any atom is 0.273 e.